The van der Waals surface area contributed by atoms with Crippen molar-refractivity contribution in [2.45, 2.75) is 26.4 Å². The van der Waals surface area contributed by atoms with Gasteiger partial charge in [0.1, 0.15) is 11.4 Å². The van der Waals surface area contributed by atoms with Crippen LogP contribution in [0.25, 0.3) is 16.9 Å². The summed E-state index contributed by atoms with van der Waals surface area (Å²) in [5.41, 5.74) is 3.61. The quantitative estimate of drug-likeness (QED) is 0.733. The molecule has 4 nitrogen and oxygen atoms in total. The molecule has 0 bridgehead atoms. The molecule has 0 aliphatic heterocycles. The van der Waals surface area contributed by atoms with Gasteiger partial charge in [0.25, 0.3) is 0 Å². The highest BCUT2D eigenvalue weighted by Gasteiger charge is 2.13. The highest BCUT2D eigenvalue weighted by Crippen LogP contribution is 2.27. The zero-order chi connectivity index (χ0) is 15.5. The number of nitriles is 1. The van der Waals surface area contributed by atoms with Crippen molar-refractivity contribution >= 4 is 5.65 Å². The number of aromatic nitrogens is 2. The van der Waals surface area contributed by atoms with Gasteiger partial charge in [-0.3, -0.25) is 0 Å². The molecule has 0 radical (unpaired) electrons. The third-order valence-electron chi connectivity index (χ3n) is 3.37. The lowest BCUT2D eigenvalue weighted by atomic mass is 10.1. The first-order valence-corrected chi connectivity index (χ1v) is 7.29. The van der Waals surface area contributed by atoms with Crippen LogP contribution in [0.1, 0.15) is 19.5 Å². The Balaban J connectivity index is 2.05. The van der Waals surface area contributed by atoms with Crippen LogP contribution in [0, 0.1) is 11.3 Å². The molecular weight excluding hydrogens is 274 g/mol. The molecule has 1 aromatic carbocycles. The lowest BCUT2D eigenvalue weighted by Gasteiger charge is -2.09. The Kier molecular flexibility index (Phi) is 3.80. The predicted molar refractivity (Wildman–Crippen MR) is 85.7 cm³/mol. The Labute approximate surface area is 129 Å². The van der Waals surface area contributed by atoms with E-state index in [1.54, 1.807) is 0 Å². The van der Waals surface area contributed by atoms with E-state index < -0.39 is 0 Å². The smallest absolute Gasteiger partial charge is 0.137 e. The van der Waals surface area contributed by atoms with Gasteiger partial charge in [-0.2, -0.15) is 5.26 Å². The van der Waals surface area contributed by atoms with E-state index in [0.29, 0.717) is 6.42 Å². The van der Waals surface area contributed by atoms with Crippen LogP contribution in [0.2, 0.25) is 0 Å². The van der Waals surface area contributed by atoms with Crippen LogP contribution >= 0.6 is 0 Å². The molecule has 3 aromatic rings. The molecule has 110 valence electrons. The van der Waals surface area contributed by atoms with Gasteiger partial charge >= 0.3 is 0 Å². The van der Waals surface area contributed by atoms with E-state index in [-0.39, 0.29) is 6.10 Å². The van der Waals surface area contributed by atoms with Crippen LogP contribution < -0.4 is 4.74 Å². The van der Waals surface area contributed by atoms with Crippen molar-refractivity contribution in [3.05, 3.63) is 54.4 Å². The van der Waals surface area contributed by atoms with Gasteiger partial charge < -0.3 is 9.14 Å². The number of rotatable bonds is 4. The van der Waals surface area contributed by atoms with Crippen molar-refractivity contribution < 1.29 is 4.74 Å². The molecule has 0 amide bonds. The van der Waals surface area contributed by atoms with Gasteiger partial charge in [-0.15, -0.1) is 0 Å². The van der Waals surface area contributed by atoms with Crippen LogP contribution in [0.5, 0.6) is 5.75 Å². The van der Waals surface area contributed by atoms with Gasteiger partial charge in [0.05, 0.1) is 30.0 Å². The van der Waals surface area contributed by atoms with Crippen LogP contribution in [-0.2, 0) is 6.42 Å². The first kappa shape index (κ1) is 14.2. The lowest BCUT2D eigenvalue weighted by molar-refractivity contribution is 0.242. The minimum atomic E-state index is 0.148. The summed E-state index contributed by atoms with van der Waals surface area (Å²) in [7, 11) is 0. The van der Waals surface area contributed by atoms with E-state index in [1.807, 2.05) is 66.9 Å². The van der Waals surface area contributed by atoms with Gasteiger partial charge in [-0.05, 0) is 50.2 Å². The SMILES string of the molecule is CC(C)Oc1ccc(-c2nc3ccccn3c2CC#N)cc1. The van der Waals surface area contributed by atoms with Gasteiger partial charge in [0, 0.05) is 11.8 Å². The molecule has 0 saturated heterocycles. The van der Waals surface area contributed by atoms with Gasteiger partial charge in [-0.1, -0.05) is 6.07 Å². The molecule has 4 heteroatoms. The maximum atomic E-state index is 9.10. The molecule has 2 heterocycles. The van der Waals surface area contributed by atoms with Gasteiger partial charge in [-0.25, -0.2) is 4.98 Å². The minimum Gasteiger partial charge on any atom is -0.491 e. The van der Waals surface area contributed by atoms with Crippen LogP contribution in [0.4, 0.5) is 0 Å². The van der Waals surface area contributed by atoms with Crippen molar-refractivity contribution in [3.63, 3.8) is 0 Å². The summed E-state index contributed by atoms with van der Waals surface area (Å²) in [6.45, 7) is 4.00. The van der Waals surface area contributed by atoms with Crippen LogP contribution in [-0.4, -0.2) is 15.5 Å². The van der Waals surface area contributed by atoms with Crippen LogP contribution in [0.3, 0.4) is 0 Å². The largest absolute Gasteiger partial charge is 0.491 e. The van der Waals surface area contributed by atoms with Crippen LogP contribution in [0.15, 0.2) is 48.7 Å². The van der Waals surface area contributed by atoms with Gasteiger partial charge in [0.2, 0.25) is 0 Å². The molecule has 0 aliphatic rings. The molecule has 2 aromatic heterocycles. The second-order valence-corrected chi connectivity index (χ2v) is 5.36. The van der Waals surface area contributed by atoms with E-state index in [0.717, 1.165) is 28.3 Å². The monoisotopic (exact) mass is 291 g/mol. The molecule has 0 saturated carbocycles. The number of benzene rings is 1. The second kappa shape index (κ2) is 5.90. The Morgan fingerprint density at radius 2 is 1.95 bits per heavy atom. The summed E-state index contributed by atoms with van der Waals surface area (Å²) in [4.78, 5) is 4.66. The van der Waals surface area contributed by atoms with Crippen molar-refractivity contribution in [2.24, 2.45) is 0 Å². The summed E-state index contributed by atoms with van der Waals surface area (Å²) in [5, 5.41) is 9.10. The zero-order valence-corrected chi connectivity index (χ0v) is 12.7. The summed E-state index contributed by atoms with van der Waals surface area (Å²) in [5.74, 6) is 0.837. The van der Waals surface area contributed by atoms with E-state index in [2.05, 4.69) is 11.1 Å². The third kappa shape index (κ3) is 2.66. The number of hydrogen-bond donors (Lipinski definition) is 0. The van der Waals surface area contributed by atoms with Gasteiger partial charge in [0.15, 0.2) is 0 Å². The van der Waals surface area contributed by atoms with Crippen molar-refractivity contribution in [2.75, 3.05) is 0 Å². The number of fused-ring (bicyclic) bond motifs is 1. The van der Waals surface area contributed by atoms with E-state index >= 15 is 0 Å². The molecular formula is C18H17N3O. The van der Waals surface area contributed by atoms with E-state index in [1.165, 1.54) is 0 Å². The maximum Gasteiger partial charge on any atom is 0.137 e. The Hall–Kier alpha value is -2.80. The maximum absolute atomic E-state index is 9.10. The first-order valence-electron chi connectivity index (χ1n) is 7.29. The topological polar surface area (TPSA) is 50.3 Å². The average Bonchev–Trinajstić information content (AvgIpc) is 2.87. The lowest BCUT2D eigenvalue weighted by Crippen LogP contribution is -2.05. The van der Waals surface area contributed by atoms with Crippen molar-refractivity contribution in [1.82, 2.24) is 9.38 Å². The predicted octanol–water partition coefficient (Wildman–Crippen LogP) is 3.85. The second-order valence-electron chi connectivity index (χ2n) is 5.36. The fraction of sp³-hybridized carbons (Fsp3) is 0.222. The fourth-order valence-corrected chi connectivity index (χ4v) is 2.49. The molecule has 0 fully saturated rings. The van der Waals surface area contributed by atoms with Crippen molar-refractivity contribution in [3.8, 4) is 23.1 Å². The molecule has 3 rings (SSSR count). The number of pyridine rings is 1. The highest BCUT2D eigenvalue weighted by atomic mass is 16.5. The molecule has 22 heavy (non-hydrogen) atoms. The molecule has 0 aliphatic carbocycles. The third-order valence-corrected chi connectivity index (χ3v) is 3.37. The number of imidazole rings is 1. The summed E-state index contributed by atoms with van der Waals surface area (Å²) in [6.07, 6.45) is 2.41. The Morgan fingerprint density at radius 3 is 2.64 bits per heavy atom. The molecule has 0 N–H and O–H groups in total. The fourth-order valence-electron chi connectivity index (χ4n) is 2.49. The Morgan fingerprint density at radius 1 is 1.18 bits per heavy atom. The number of nitrogens with zero attached hydrogens (tertiary/aromatic N) is 3. The Bertz CT molecular complexity index is 826. The molecule has 0 unspecified atom stereocenters. The normalized spacial score (nSPS) is 10.8. The molecule has 0 atom stereocenters. The summed E-state index contributed by atoms with van der Waals surface area (Å²) in [6, 6.07) is 15.9. The first-order chi connectivity index (χ1) is 10.7. The summed E-state index contributed by atoms with van der Waals surface area (Å²) >= 11 is 0. The minimum absolute atomic E-state index is 0.148. The number of hydrogen-bond acceptors (Lipinski definition) is 3. The van der Waals surface area contributed by atoms with E-state index in [9.17, 15) is 0 Å². The molecule has 0 spiro atoms. The standard InChI is InChI=1S/C18H17N3O/c1-13(2)22-15-8-6-14(7-9-15)18-16(10-11-19)21-12-4-3-5-17(21)20-18/h3-9,12-13H,10H2,1-2H3. The van der Waals surface area contributed by atoms with E-state index in [4.69, 9.17) is 10.00 Å². The average molecular weight is 291 g/mol. The van der Waals surface area contributed by atoms with Crippen molar-refractivity contribution in [1.29, 1.82) is 5.26 Å². The summed E-state index contributed by atoms with van der Waals surface area (Å²) < 4.78 is 7.63. The highest BCUT2D eigenvalue weighted by molar-refractivity contribution is 5.67. The zero-order valence-electron chi connectivity index (χ0n) is 12.7. The number of ether oxygens (including phenoxy) is 1.